The molecule has 0 amide bonds. The third kappa shape index (κ3) is 25.9. The summed E-state index contributed by atoms with van der Waals surface area (Å²) in [6.45, 7) is 8.20. The van der Waals surface area contributed by atoms with Crippen LogP contribution in [0.4, 0.5) is 0 Å². The lowest BCUT2D eigenvalue weighted by molar-refractivity contribution is -0.717. The van der Waals surface area contributed by atoms with Gasteiger partial charge in [0.25, 0.3) is 0 Å². The molecule has 1 unspecified atom stereocenters. The third-order valence-electron chi connectivity index (χ3n) is 8.40. The predicted molar refractivity (Wildman–Crippen MR) is 180 cm³/mol. The van der Waals surface area contributed by atoms with E-state index in [1.165, 1.54) is 128 Å². The summed E-state index contributed by atoms with van der Waals surface area (Å²) in [6, 6.07) is 0.157. The molecule has 43 heavy (non-hydrogen) atoms. The van der Waals surface area contributed by atoms with Crippen LogP contribution in [-0.2, 0) is 20.7 Å². The zero-order chi connectivity index (χ0) is 30.6. The molecule has 1 atom stereocenters. The lowest BCUT2D eigenvalue weighted by Crippen LogP contribution is -3.00. The van der Waals surface area contributed by atoms with Gasteiger partial charge in [-0.1, -0.05) is 155 Å². The van der Waals surface area contributed by atoms with Gasteiger partial charge in [-0.3, -0.25) is 9.05 Å². The molecular formula is C35H71IN3O3P. The molecule has 1 aromatic rings. The largest absolute Gasteiger partial charge is 1.00 e. The van der Waals surface area contributed by atoms with Gasteiger partial charge in [-0.2, -0.15) is 0 Å². The minimum Gasteiger partial charge on any atom is -1.00 e. The summed E-state index contributed by atoms with van der Waals surface area (Å²) in [5, 5.41) is 3.17. The maximum atomic E-state index is 13.6. The molecule has 1 N–H and O–H groups in total. The first-order valence-corrected chi connectivity index (χ1v) is 19.7. The summed E-state index contributed by atoms with van der Waals surface area (Å²) in [6.07, 6.45) is 37.3. The fourth-order valence-corrected chi connectivity index (χ4v) is 6.95. The highest BCUT2D eigenvalue weighted by Gasteiger charge is 2.26. The highest BCUT2D eigenvalue weighted by atomic mass is 127. The minimum absolute atomic E-state index is 0. The summed E-state index contributed by atoms with van der Waals surface area (Å²) < 4.78 is 29.6. The number of hydrogen-bond acceptors (Lipinski definition) is 3. The van der Waals surface area contributed by atoms with Gasteiger partial charge in [-0.15, -0.1) is 0 Å². The van der Waals surface area contributed by atoms with Crippen LogP contribution < -0.4 is 33.6 Å². The number of rotatable bonds is 32. The average Bonchev–Trinajstić information content (AvgIpc) is 3.43. The normalized spacial score (nSPS) is 12.5. The smallest absolute Gasteiger partial charge is 0.405 e. The predicted octanol–water partition coefficient (Wildman–Crippen LogP) is 8.01. The van der Waals surface area contributed by atoms with Gasteiger partial charge in [0.15, 0.2) is 0 Å². The van der Waals surface area contributed by atoms with E-state index in [0.717, 1.165) is 25.7 Å². The van der Waals surface area contributed by atoms with Gasteiger partial charge in [0.05, 0.1) is 20.3 Å². The summed E-state index contributed by atoms with van der Waals surface area (Å²) in [7, 11) is -1.31. The molecule has 0 bridgehead atoms. The monoisotopic (exact) mass is 739 g/mol. The van der Waals surface area contributed by atoms with Crippen LogP contribution in [0.3, 0.4) is 0 Å². The first kappa shape index (κ1) is 43.0. The van der Waals surface area contributed by atoms with Gasteiger partial charge < -0.3 is 24.0 Å². The number of imidazole rings is 1. The highest BCUT2D eigenvalue weighted by Crippen LogP contribution is 2.44. The molecule has 0 aliphatic rings. The molecule has 0 saturated carbocycles. The van der Waals surface area contributed by atoms with E-state index in [2.05, 4.69) is 30.4 Å². The molecule has 0 aliphatic heterocycles. The van der Waals surface area contributed by atoms with Crippen molar-refractivity contribution in [2.45, 2.75) is 181 Å². The number of nitrogens with one attached hydrogen (secondary N) is 1. The third-order valence-corrected chi connectivity index (χ3v) is 10.0. The van der Waals surface area contributed by atoms with Gasteiger partial charge in [-0.05, 0) is 19.8 Å². The molecular weight excluding hydrogens is 668 g/mol. The Kier molecular flexibility index (Phi) is 30.7. The molecule has 1 heterocycles. The van der Waals surface area contributed by atoms with Crippen molar-refractivity contribution in [3.05, 3.63) is 18.7 Å². The molecule has 0 fully saturated rings. The van der Waals surface area contributed by atoms with Crippen molar-refractivity contribution < 1.29 is 42.2 Å². The SMILES string of the molecule is CCCCCCCCCCCCCCOP(=O)(NCC(C)[n+]1ccn(C)c1)OCCCCCCCCCCCCCC.[I-]. The Labute approximate surface area is 284 Å². The van der Waals surface area contributed by atoms with Crippen LogP contribution in [0, 0.1) is 0 Å². The summed E-state index contributed by atoms with van der Waals surface area (Å²) in [5.74, 6) is 0. The minimum atomic E-state index is -3.32. The Hall–Kier alpha value is 0.0500. The van der Waals surface area contributed by atoms with E-state index >= 15 is 0 Å². The lowest BCUT2D eigenvalue weighted by Gasteiger charge is -2.20. The fourth-order valence-electron chi connectivity index (χ4n) is 5.46. The van der Waals surface area contributed by atoms with Crippen LogP contribution in [0.1, 0.15) is 181 Å². The van der Waals surface area contributed by atoms with Crippen molar-refractivity contribution in [1.82, 2.24) is 9.65 Å². The van der Waals surface area contributed by atoms with Crippen LogP contribution in [0.5, 0.6) is 0 Å². The first-order valence-electron chi connectivity index (χ1n) is 18.2. The molecule has 0 aromatic carbocycles. The Balaban J connectivity index is 0.0000176. The zero-order valence-electron chi connectivity index (χ0n) is 28.8. The lowest BCUT2D eigenvalue weighted by atomic mass is 10.1. The Morgan fingerprint density at radius 2 is 1.00 bits per heavy atom. The van der Waals surface area contributed by atoms with E-state index in [4.69, 9.17) is 9.05 Å². The molecule has 0 radical (unpaired) electrons. The Morgan fingerprint density at radius 1 is 0.651 bits per heavy atom. The molecule has 0 saturated heterocycles. The van der Waals surface area contributed by atoms with Crippen LogP contribution in [0.15, 0.2) is 18.7 Å². The maximum Gasteiger partial charge on any atom is 0.405 e. The van der Waals surface area contributed by atoms with Crippen molar-refractivity contribution in [2.75, 3.05) is 19.8 Å². The second-order valence-corrected chi connectivity index (χ2v) is 14.5. The van der Waals surface area contributed by atoms with Crippen LogP contribution in [-0.4, -0.2) is 24.3 Å². The quantitative estimate of drug-likeness (QED) is 0.0352. The standard InChI is InChI=1S/C35H71N3O3P.HI/c1-5-7-9-11-13-15-17-19-21-23-25-27-31-40-42(39,36-33-35(3)38-30-29-37(4)34-38)41-32-28-26-24-22-20-18-16-14-12-10-8-6-2;/h29-30,34-35H,5-28,31-33H2,1-4H3,(H,36,39);1H/q+1;/p-1. The van der Waals surface area contributed by atoms with Gasteiger partial charge in [0, 0.05) is 6.54 Å². The number of halogens is 1. The van der Waals surface area contributed by atoms with Gasteiger partial charge in [-0.25, -0.2) is 18.8 Å². The van der Waals surface area contributed by atoms with E-state index in [1.54, 1.807) is 0 Å². The van der Waals surface area contributed by atoms with E-state index < -0.39 is 7.75 Å². The van der Waals surface area contributed by atoms with E-state index in [0.29, 0.717) is 19.8 Å². The molecule has 0 spiro atoms. The molecule has 6 nitrogen and oxygen atoms in total. The van der Waals surface area contributed by atoms with Crippen LogP contribution >= 0.6 is 7.75 Å². The topological polar surface area (TPSA) is 56.4 Å². The Bertz CT molecular complexity index is 730. The van der Waals surface area contributed by atoms with Crippen LogP contribution in [0.25, 0.3) is 0 Å². The number of hydrogen-bond donors (Lipinski definition) is 1. The van der Waals surface area contributed by atoms with E-state index in [1.807, 2.05) is 30.3 Å². The molecule has 0 aliphatic carbocycles. The van der Waals surface area contributed by atoms with Crippen molar-refractivity contribution in [3.8, 4) is 0 Å². The second kappa shape index (κ2) is 30.7. The van der Waals surface area contributed by atoms with Gasteiger partial charge in [0.1, 0.15) is 18.4 Å². The average molecular weight is 740 g/mol. The van der Waals surface area contributed by atoms with Crippen molar-refractivity contribution >= 4 is 7.75 Å². The summed E-state index contributed by atoms with van der Waals surface area (Å²) in [4.78, 5) is 0. The van der Waals surface area contributed by atoms with Crippen molar-refractivity contribution in [1.29, 1.82) is 0 Å². The fraction of sp³-hybridized carbons (Fsp3) is 0.914. The van der Waals surface area contributed by atoms with Crippen molar-refractivity contribution in [2.24, 2.45) is 7.05 Å². The summed E-state index contributed by atoms with van der Waals surface area (Å²) >= 11 is 0. The number of aromatic nitrogens is 2. The first-order chi connectivity index (χ1) is 20.5. The number of nitrogens with zero attached hydrogens (tertiary/aromatic N) is 2. The number of aryl methyl sites for hydroxylation is 1. The van der Waals surface area contributed by atoms with E-state index in [-0.39, 0.29) is 30.0 Å². The summed E-state index contributed by atoms with van der Waals surface area (Å²) in [5.41, 5.74) is 0. The highest BCUT2D eigenvalue weighted by molar-refractivity contribution is 7.51. The zero-order valence-corrected chi connectivity index (χ0v) is 31.9. The molecule has 256 valence electrons. The number of unbranched alkanes of at least 4 members (excludes halogenated alkanes) is 22. The van der Waals surface area contributed by atoms with E-state index in [9.17, 15) is 4.57 Å². The second-order valence-electron chi connectivity index (χ2n) is 12.7. The molecule has 8 heteroatoms. The molecule has 1 aromatic heterocycles. The van der Waals surface area contributed by atoms with Crippen LogP contribution in [0.2, 0.25) is 0 Å². The molecule has 1 rings (SSSR count). The Morgan fingerprint density at radius 3 is 1.33 bits per heavy atom. The van der Waals surface area contributed by atoms with Crippen molar-refractivity contribution in [3.63, 3.8) is 0 Å². The van der Waals surface area contributed by atoms with Gasteiger partial charge in [0.2, 0.25) is 6.33 Å². The van der Waals surface area contributed by atoms with Gasteiger partial charge >= 0.3 is 7.75 Å². The maximum absolute atomic E-state index is 13.6.